The molecule has 0 heterocycles. The predicted octanol–water partition coefficient (Wildman–Crippen LogP) is 2.80. The van der Waals surface area contributed by atoms with Gasteiger partial charge in [0.25, 0.3) is 5.91 Å². The SMILES string of the molecule is CNC(=O)c1ccc(NC(=O)CC2(C(=O)O)CCCCCC2)cc1. The van der Waals surface area contributed by atoms with Crippen LogP contribution in [0.25, 0.3) is 0 Å². The van der Waals surface area contributed by atoms with Crippen molar-refractivity contribution in [3.63, 3.8) is 0 Å². The fourth-order valence-corrected chi connectivity index (χ4v) is 3.23. The van der Waals surface area contributed by atoms with Gasteiger partial charge in [0, 0.05) is 24.7 Å². The van der Waals surface area contributed by atoms with E-state index in [9.17, 15) is 19.5 Å². The van der Waals surface area contributed by atoms with Crippen LogP contribution in [0.4, 0.5) is 5.69 Å². The Balaban J connectivity index is 2.03. The molecular formula is C18H24N2O4. The minimum Gasteiger partial charge on any atom is -0.481 e. The van der Waals surface area contributed by atoms with Gasteiger partial charge in [-0.15, -0.1) is 0 Å². The number of nitrogens with one attached hydrogen (secondary N) is 2. The Labute approximate surface area is 141 Å². The summed E-state index contributed by atoms with van der Waals surface area (Å²) in [4.78, 5) is 35.6. The molecule has 6 nitrogen and oxygen atoms in total. The van der Waals surface area contributed by atoms with Crippen molar-refractivity contribution in [1.82, 2.24) is 5.32 Å². The molecule has 0 atom stereocenters. The molecule has 3 N–H and O–H groups in total. The first-order valence-corrected chi connectivity index (χ1v) is 8.32. The molecule has 130 valence electrons. The summed E-state index contributed by atoms with van der Waals surface area (Å²) in [7, 11) is 1.55. The number of carbonyl (C=O) groups excluding carboxylic acids is 2. The number of hydrogen-bond acceptors (Lipinski definition) is 3. The average Bonchev–Trinajstić information content (AvgIpc) is 2.81. The molecule has 1 aliphatic carbocycles. The molecule has 0 bridgehead atoms. The molecule has 24 heavy (non-hydrogen) atoms. The van der Waals surface area contributed by atoms with Crippen LogP contribution >= 0.6 is 0 Å². The van der Waals surface area contributed by atoms with Crippen molar-refractivity contribution in [2.45, 2.75) is 44.9 Å². The van der Waals surface area contributed by atoms with Gasteiger partial charge in [-0.3, -0.25) is 14.4 Å². The van der Waals surface area contributed by atoms with Crippen LogP contribution < -0.4 is 10.6 Å². The maximum atomic E-state index is 12.3. The third-order valence-electron chi connectivity index (χ3n) is 4.67. The molecule has 0 spiro atoms. The summed E-state index contributed by atoms with van der Waals surface area (Å²) in [6.07, 6.45) is 4.83. The van der Waals surface area contributed by atoms with Crippen LogP contribution in [0.1, 0.15) is 55.3 Å². The fourth-order valence-electron chi connectivity index (χ4n) is 3.23. The molecule has 0 saturated heterocycles. The Morgan fingerprint density at radius 3 is 2.12 bits per heavy atom. The van der Waals surface area contributed by atoms with Gasteiger partial charge < -0.3 is 15.7 Å². The van der Waals surface area contributed by atoms with Crippen molar-refractivity contribution >= 4 is 23.5 Å². The molecule has 0 aliphatic heterocycles. The van der Waals surface area contributed by atoms with E-state index in [4.69, 9.17) is 0 Å². The Hall–Kier alpha value is -2.37. The lowest BCUT2D eigenvalue weighted by Gasteiger charge is -2.27. The van der Waals surface area contributed by atoms with Crippen LogP contribution in [0.5, 0.6) is 0 Å². The molecule has 0 radical (unpaired) electrons. The summed E-state index contributed by atoms with van der Waals surface area (Å²) in [5, 5.41) is 14.9. The van der Waals surface area contributed by atoms with Gasteiger partial charge in [-0.2, -0.15) is 0 Å². The zero-order valence-electron chi connectivity index (χ0n) is 13.9. The zero-order valence-corrected chi connectivity index (χ0v) is 13.9. The molecule has 1 saturated carbocycles. The predicted molar refractivity (Wildman–Crippen MR) is 90.8 cm³/mol. The third kappa shape index (κ3) is 4.34. The van der Waals surface area contributed by atoms with Gasteiger partial charge >= 0.3 is 5.97 Å². The normalized spacial score (nSPS) is 16.7. The smallest absolute Gasteiger partial charge is 0.310 e. The highest BCUT2D eigenvalue weighted by Crippen LogP contribution is 2.38. The first-order valence-electron chi connectivity index (χ1n) is 8.32. The number of rotatable bonds is 5. The first-order chi connectivity index (χ1) is 11.5. The highest BCUT2D eigenvalue weighted by molar-refractivity contribution is 5.96. The van der Waals surface area contributed by atoms with Gasteiger partial charge in [0.15, 0.2) is 0 Å². The number of hydrogen-bond donors (Lipinski definition) is 3. The molecular weight excluding hydrogens is 308 g/mol. The van der Waals surface area contributed by atoms with E-state index in [0.29, 0.717) is 24.1 Å². The molecule has 6 heteroatoms. The van der Waals surface area contributed by atoms with Crippen LogP contribution in [0.15, 0.2) is 24.3 Å². The minimum absolute atomic E-state index is 0.0144. The Bertz CT molecular complexity index is 602. The molecule has 2 amide bonds. The van der Waals surface area contributed by atoms with E-state index >= 15 is 0 Å². The number of anilines is 1. The maximum absolute atomic E-state index is 12.3. The molecule has 0 unspecified atom stereocenters. The number of aliphatic carboxylic acids is 1. The van der Waals surface area contributed by atoms with Crippen LogP contribution in [-0.2, 0) is 9.59 Å². The number of carboxylic acid groups (broad SMARTS) is 1. The molecule has 1 aliphatic rings. The van der Waals surface area contributed by atoms with Gasteiger partial charge in [-0.1, -0.05) is 25.7 Å². The molecule has 1 fully saturated rings. The molecule has 1 aromatic carbocycles. The summed E-state index contributed by atoms with van der Waals surface area (Å²) in [5.41, 5.74) is 0.103. The number of carbonyl (C=O) groups is 3. The first kappa shape index (κ1) is 18.0. The summed E-state index contributed by atoms with van der Waals surface area (Å²) in [5.74, 6) is -1.38. The lowest BCUT2D eigenvalue weighted by Crippen LogP contribution is -2.35. The fraction of sp³-hybridized carbons (Fsp3) is 0.500. The summed E-state index contributed by atoms with van der Waals surface area (Å²) >= 11 is 0. The standard InChI is InChI=1S/C18H24N2O4/c1-19-16(22)13-6-8-14(9-7-13)20-15(21)12-18(17(23)24)10-4-2-3-5-11-18/h6-9H,2-5,10-12H2,1H3,(H,19,22)(H,20,21)(H,23,24). The summed E-state index contributed by atoms with van der Waals surface area (Å²) in [6.45, 7) is 0. The summed E-state index contributed by atoms with van der Waals surface area (Å²) < 4.78 is 0. The molecule has 1 aromatic rings. The minimum atomic E-state index is -0.956. The van der Waals surface area contributed by atoms with Gasteiger partial charge in [-0.05, 0) is 37.1 Å². The highest BCUT2D eigenvalue weighted by atomic mass is 16.4. The van der Waals surface area contributed by atoms with Crippen LogP contribution in [0.2, 0.25) is 0 Å². The number of amides is 2. The van der Waals surface area contributed by atoms with Gasteiger partial charge in [0.05, 0.1) is 5.41 Å². The maximum Gasteiger partial charge on any atom is 0.310 e. The largest absolute Gasteiger partial charge is 0.481 e. The second-order valence-corrected chi connectivity index (χ2v) is 6.38. The molecule has 0 aromatic heterocycles. The van der Waals surface area contributed by atoms with E-state index in [1.165, 1.54) is 0 Å². The second-order valence-electron chi connectivity index (χ2n) is 6.38. The number of benzene rings is 1. The van der Waals surface area contributed by atoms with Crippen LogP contribution in [-0.4, -0.2) is 29.9 Å². The van der Waals surface area contributed by atoms with Crippen LogP contribution in [0.3, 0.4) is 0 Å². The quantitative estimate of drug-likeness (QED) is 0.723. The topological polar surface area (TPSA) is 95.5 Å². The van der Waals surface area contributed by atoms with Gasteiger partial charge in [0.2, 0.25) is 5.91 Å². The van der Waals surface area contributed by atoms with Crippen LogP contribution in [0, 0.1) is 5.41 Å². The van der Waals surface area contributed by atoms with Gasteiger partial charge in [-0.25, -0.2) is 0 Å². The van der Waals surface area contributed by atoms with E-state index in [1.54, 1.807) is 31.3 Å². The van der Waals surface area contributed by atoms with E-state index in [0.717, 1.165) is 25.7 Å². The van der Waals surface area contributed by atoms with Crippen molar-refractivity contribution < 1.29 is 19.5 Å². The number of carboxylic acids is 1. The Morgan fingerprint density at radius 1 is 1.04 bits per heavy atom. The van der Waals surface area contributed by atoms with Crippen molar-refractivity contribution in [1.29, 1.82) is 0 Å². The zero-order chi connectivity index (χ0) is 17.6. The van der Waals surface area contributed by atoms with Gasteiger partial charge in [0.1, 0.15) is 0 Å². The van der Waals surface area contributed by atoms with Crippen molar-refractivity contribution in [3.8, 4) is 0 Å². The molecule has 2 rings (SSSR count). The second kappa shape index (κ2) is 7.95. The monoisotopic (exact) mass is 332 g/mol. The third-order valence-corrected chi connectivity index (χ3v) is 4.67. The average molecular weight is 332 g/mol. The highest BCUT2D eigenvalue weighted by Gasteiger charge is 2.40. The Kier molecular flexibility index (Phi) is 5.95. The Morgan fingerprint density at radius 2 is 1.62 bits per heavy atom. The van der Waals surface area contributed by atoms with E-state index in [2.05, 4.69) is 10.6 Å². The van der Waals surface area contributed by atoms with E-state index in [1.807, 2.05) is 0 Å². The van der Waals surface area contributed by atoms with Crippen molar-refractivity contribution in [2.24, 2.45) is 5.41 Å². The summed E-state index contributed by atoms with van der Waals surface area (Å²) in [6, 6.07) is 6.52. The van der Waals surface area contributed by atoms with E-state index < -0.39 is 11.4 Å². The van der Waals surface area contributed by atoms with Crippen molar-refractivity contribution in [3.05, 3.63) is 29.8 Å². The van der Waals surface area contributed by atoms with Crippen molar-refractivity contribution in [2.75, 3.05) is 12.4 Å². The van der Waals surface area contributed by atoms with E-state index in [-0.39, 0.29) is 18.2 Å². The lowest BCUT2D eigenvalue weighted by molar-refractivity contribution is -0.152. The lowest BCUT2D eigenvalue weighted by atomic mass is 9.77.